The molecule has 1 fully saturated rings. The second-order valence-corrected chi connectivity index (χ2v) is 5.40. The predicted octanol–water partition coefficient (Wildman–Crippen LogP) is 2.58. The van der Waals surface area contributed by atoms with Gasteiger partial charge in [-0.15, -0.1) is 0 Å². The van der Waals surface area contributed by atoms with Gasteiger partial charge in [0.2, 0.25) is 0 Å². The van der Waals surface area contributed by atoms with Gasteiger partial charge in [-0.2, -0.15) is 0 Å². The molecule has 0 aliphatic heterocycles. The maximum absolute atomic E-state index is 6.23. The molecule has 1 saturated carbocycles. The lowest BCUT2D eigenvalue weighted by atomic mass is 10.2. The molecule has 0 amide bonds. The Balaban J connectivity index is 2.19. The highest BCUT2D eigenvalue weighted by molar-refractivity contribution is 6.34. The second kappa shape index (κ2) is 6.74. The maximum atomic E-state index is 6.23. The smallest absolute Gasteiger partial charge is 0.122 e. The molecule has 1 aliphatic rings. The van der Waals surface area contributed by atoms with Crippen molar-refractivity contribution < 1.29 is 4.84 Å². The quantitative estimate of drug-likeness (QED) is 0.527. The molecular formula is C15H18ClN3O. The van der Waals surface area contributed by atoms with E-state index in [1.165, 1.54) is 12.8 Å². The molecule has 0 atom stereocenters. The number of hydrogen-bond acceptors (Lipinski definition) is 4. The van der Waals surface area contributed by atoms with E-state index in [1.54, 1.807) is 12.3 Å². The summed E-state index contributed by atoms with van der Waals surface area (Å²) in [6, 6.07) is 1.79. The van der Waals surface area contributed by atoms with Gasteiger partial charge in [0.05, 0.1) is 5.02 Å². The van der Waals surface area contributed by atoms with Crippen LogP contribution >= 0.6 is 11.6 Å². The number of nitrogens with two attached hydrogens (primary N) is 1. The molecule has 2 N–H and O–H groups in total. The summed E-state index contributed by atoms with van der Waals surface area (Å²) < 4.78 is 0. The van der Waals surface area contributed by atoms with Crippen LogP contribution in [0.1, 0.15) is 37.9 Å². The van der Waals surface area contributed by atoms with Gasteiger partial charge >= 0.3 is 0 Å². The van der Waals surface area contributed by atoms with Gasteiger partial charge in [0.25, 0.3) is 0 Å². The maximum Gasteiger partial charge on any atom is 0.122 e. The summed E-state index contributed by atoms with van der Waals surface area (Å²) in [6.07, 6.45) is 4.07. The molecule has 0 saturated heterocycles. The molecule has 4 nitrogen and oxygen atoms in total. The Kier molecular flexibility index (Phi) is 4.99. The molecular weight excluding hydrogens is 274 g/mol. The van der Waals surface area contributed by atoms with Crippen LogP contribution in [0.4, 0.5) is 0 Å². The van der Waals surface area contributed by atoms with E-state index in [0.29, 0.717) is 22.3 Å². The molecule has 0 spiro atoms. The standard InChI is InChI=1S/C15H18ClN3O/c1-10(2)20-19-14(8-17)15-13(16)7-12(9-18-15)6-5-11-3-4-11/h7,9-11H,3-4,8,17H2,1-2H3/b19-14+. The highest BCUT2D eigenvalue weighted by Crippen LogP contribution is 2.27. The summed E-state index contributed by atoms with van der Waals surface area (Å²) in [5.41, 5.74) is 7.56. The monoisotopic (exact) mass is 291 g/mol. The Bertz CT molecular complexity index is 568. The number of hydrogen-bond donors (Lipinski definition) is 1. The van der Waals surface area contributed by atoms with Crippen molar-refractivity contribution in [3.05, 3.63) is 28.5 Å². The number of aromatic nitrogens is 1. The van der Waals surface area contributed by atoms with E-state index in [4.69, 9.17) is 22.2 Å². The first-order valence-corrected chi connectivity index (χ1v) is 7.08. The lowest BCUT2D eigenvalue weighted by molar-refractivity contribution is 0.0858. The zero-order valence-corrected chi connectivity index (χ0v) is 12.4. The van der Waals surface area contributed by atoms with Crippen molar-refractivity contribution in [1.29, 1.82) is 0 Å². The Morgan fingerprint density at radius 3 is 2.90 bits per heavy atom. The summed E-state index contributed by atoms with van der Waals surface area (Å²) in [6.45, 7) is 4.00. The van der Waals surface area contributed by atoms with Gasteiger partial charge < -0.3 is 10.6 Å². The summed E-state index contributed by atoms with van der Waals surface area (Å²) in [5.74, 6) is 6.81. The van der Waals surface area contributed by atoms with Crippen molar-refractivity contribution in [2.75, 3.05) is 6.54 Å². The van der Waals surface area contributed by atoms with Crippen LogP contribution in [-0.4, -0.2) is 23.3 Å². The van der Waals surface area contributed by atoms with Gasteiger partial charge in [-0.1, -0.05) is 28.6 Å². The van der Waals surface area contributed by atoms with Gasteiger partial charge in [0.15, 0.2) is 0 Å². The second-order valence-electron chi connectivity index (χ2n) is 4.99. The molecule has 1 aromatic rings. The Morgan fingerprint density at radius 1 is 1.60 bits per heavy atom. The number of halogens is 1. The van der Waals surface area contributed by atoms with Crippen LogP contribution in [0.25, 0.3) is 0 Å². The van der Waals surface area contributed by atoms with Gasteiger partial charge in [0, 0.05) is 24.2 Å². The Labute approximate surface area is 124 Å². The molecule has 0 radical (unpaired) electrons. The molecule has 5 heteroatoms. The van der Waals surface area contributed by atoms with Crippen LogP contribution < -0.4 is 5.73 Å². The van der Waals surface area contributed by atoms with E-state index in [1.807, 2.05) is 13.8 Å². The van der Waals surface area contributed by atoms with Crippen LogP contribution in [0.3, 0.4) is 0 Å². The summed E-state index contributed by atoms with van der Waals surface area (Å²) >= 11 is 6.23. The molecule has 2 rings (SSSR count). The van der Waals surface area contributed by atoms with Gasteiger partial charge in [-0.05, 0) is 32.8 Å². The van der Waals surface area contributed by atoms with E-state index in [0.717, 1.165) is 5.56 Å². The van der Waals surface area contributed by atoms with Crippen LogP contribution in [-0.2, 0) is 4.84 Å². The zero-order chi connectivity index (χ0) is 14.5. The molecule has 1 aromatic heterocycles. The minimum atomic E-state index is -0.0148. The minimum absolute atomic E-state index is 0.0148. The summed E-state index contributed by atoms with van der Waals surface area (Å²) in [7, 11) is 0. The van der Waals surface area contributed by atoms with E-state index in [-0.39, 0.29) is 12.6 Å². The number of oxime groups is 1. The fraction of sp³-hybridized carbons (Fsp3) is 0.467. The van der Waals surface area contributed by atoms with Crippen molar-refractivity contribution in [1.82, 2.24) is 4.98 Å². The molecule has 106 valence electrons. The highest BCUT2D eigenvalue weighted by Gasteiger charge is 2.18. The number of nitrogens with zero attached hydrogens (tertiary/aromatic N) is 2. The van der Waals surface area contributed by atoms with Crippen LogP contribution in [0.15, 0.2) is 17.4 Å². The third-order valence-electron chi connectivity index (χ3n) is 2.68. The van der Waals surface area contributed by atoms with Crippen LogP contribution in [0.2, 0.25) is 5.02 Å². The topological polar surface area (TPSA) is 60.5 Å². The molecule has 20 heavy (non-hydrogen) atoms. The largest absolute Gasteiger partial charge is 0.393 e. The third-order valence-corrected chi connectivity index (χ3v) is 2.97. The molecule has 0 aromatic carbocycles. The van der Waals surface area contributed by atoms with Gasteiger partial charge in [-0.3, -0.25) is 4.98 Å². The predicted molar refractivity (Wildman–Crippen MR) is 80.7 cm³/mol. The number of rotatable bonds is 4. The Morgan fingerprint density at radius 2 is 2.35 bits per heavy atom. The fourth-order valence-corrected chi connectivity index (χ4v) is 1.75. The lowest BCUT2D eigenvalue weighted by Crippen LogP contribution is -2.18. The summed E-state index contributed by atoms with van der Waals surface area (Å²) in [4.78, 5) is 9.50. The molecule has 1 aliphatic carbocycles. The summed E-state index contributed by atoms with van der Waals surface area (Å²) in [5, 5.41) is 4.49. The third kappa shape index (κ3) is 4.22. The molecule has 1 heterocycles. The average Bonchev–Trinajstić information content (AvgIpc) is 3.22. The van der Waals surface area contributed by atoms with E-state index in [2.05, 4.69) is 22.0 Å². The molecule has 0 unspecified atom stereocenters. The zero-order valence-electron chi connectivity index (χ0n) is 11.7. The van der Waals surface area contributed by atoms with Crippen molar-refractivity contribution in [2.24, 2.45) is 16.8 Å². The van der Waals surface area contributed by atoms with Crippen molar-refractivity contribution in [2.45, 2.75) is 32.8 Å². The van der Waals surface area contributed by atoms with Crippen molar-refractivity contribution in [3.63, 3.8) is 0 Å². The normalized spacial score (nSPS) is 14.9. The van der Waals surface area contributed by atoms with Crippen molar-refractivity contribution >= 4 is 17.3 Å². The highest BCUT2D eigenvalue weighted by atomic mass is 35.5. The van der Waals surface area contributed by atoms with Gasteiger partial charge in [0.1, 0.15) is 17.5 Å². The molecule has 0 bridgehead atoms. The first kappa shape index (κ1) is 14.8. The van der Waals surface area contributed by atoms with E-state index >= 15 is 0 Å². The van der Waals surface area contributed by atoms with E-state index < -0.39 is 0 Å². The average molecular weight is 292 g/mol. The SMILES string of the molecule is CC(C)O/N=C(\CN)c1ncc(C#CC2CC2)cc1Cl. The first-order chi connectivity index (χ1) is 9.60. The van der Waals surface area contributed by atoms with Crippen LogP contribution in [0.5, 0.6) is 0 Å². The van der Waals surface area contributed by atoms with Gasteiger partial charge in [-0.25, -0.2) is 0 Å². The number of pyridine rings is 1. The first-order valence-electron chi connectivity index (χ1n) is 6.70. The Hall–Kier alpha value is -1.57. The fourth-order valence-electron chi connectivity index (χ4n) is 1.48. The van der Waals surface area contributed by atoms with E-state index in [9.17, 15) is 0 Å². The van der Waals surface area contributed by atoms with Crippen LogP contribution in [0, 0.1) is 17.8 Å². The minimum Gasteiger partial charge on any atom is -0.393 e. The van der Waals surface area contributed by atoms with Crippen molar-refractivity contribution in [3.8, 4) is 11.8 Å². The lowest BCUT2D eigenvalue weighted by Gasteiger charge is -2.07.